The Hall–Kier alpha value is -4.77. The van der Waals surface area contributed by atoms with E-state index in [4.69, 9.17) is 33.9 Å². The van der Waals surface area contributed by atoms with Gasteiger partial charge in [0.2, 0.25) is 17.8 Å². The maximum Gasteiger partial charge on any atom is 0.232 e. The van der Waals surface area contributed by atoms with E-state index in [0.717, 1.165) is 23.1 Å². The first-order chi connectivity index (χ1) is 26.5. The van der Waals surface area contributed by atoms with E-state index < -0.39 is 0 Å². The summed E-state index contributed by atoms with van der Waals surface area (Å²) < 4.78 is 23.3. The lowest BCUT2D eigenvalue weighted by atomic mass is 10.2. The summed E-state index contributed by atoms with van der Waals surface area (Å²) in [6, 6.07) is 22.5. The molecule has 3 aromatic carbocycles. The fraction of sp³-hybridized carbons (Fsp3) is 0.462. The lowest BCUT2D eigenvalue weighted by Gasteiger charge is -2.29. The highest BCUT2D eigenvalue weighted by Crippen LogP contribution is 2.28. The van der Waals surface area contributed by atoms with Crippen molar-refractivity contribution >= 4 is 17.8 Å². The van der Waals surface area contributed by atoms with Gasteiger partial charge in [-0.3, -0.25) is 0 Å². The van der Waals surface area contributed by atoms with E-state index in [1.807, 2.05) is 77.7 Å². The quantitative estimate of drug-likeness (QED) is 0.0559. The predicted molar refractivity (Wildman–Crippen MR) is 205 cm³/mol. The molecular formula is C39H54N6O9. The van der Waals surface area contributed by atoms with Crippen LogP contribution in [0.1, 0.15) is 30.0 Å². The van der Waals surface area contributed by atoms with E-state index in [2.05, 4.69) is 6.92 Å². The summed E-state index contributed by atoms with van der Waals surface area (Å²) in [6.45, 7) is 4.12. The Morgan fingerprint density at radius 2 is 0.796 bits per heavy atom. The number of hydrogen-bond donors (Lipinski definition) is 5. The minimum atomic E-state index is -0.209. The Bertz CT molecular complexity index is 1570. The number of rotatable bonds is 27. The Morgan fingerprint density at radius 1 is 0.444 bits per heavy atom. The summed E-state index contributed by atoms with van der Waals surface area (Å²) in [5.41, 5.74) is 2.41. The first kappa shape index (κ1) is 42.0. The van der Waals surface area contributed by atoms with Crippen molar-refractivity contribution in [2.45, 2.75) is 33.0 Å². The van der Waals surface area contributed by atoms with Crippen molar-refractivity contribution in [3.8, 4) is 17.2 Å². The van der Waals surface area contributed by atoms with Gasteiger partial charge in [-0.25, -0.2) is 0 Å². The normalized spacial score (nSPS) is 11.0. The highest BCUT2D eigenvalue weighted by atomic mass is 16.5. The Morgan fingerprint density at radius 3 is 1.13 bits per heavy atom. The van der Waals surface area contributed by atoms with Crippen LogP contribution in [0.15, 0.2) is 72.8 Å². The molecule has 0 atom stereocenters. The molecule has 15 heteroatoms. The Kier molecular flexibility index (Phi) is 18.5. The molecule has 0 saturated heterocycles. The zero-order valence-corrected chi connectivity index (χ0v) is 31.0. The van der Waals surface area contributed by atoms with Gasteiger partial charge in [-0.15, -0.1) is 0 Å². The molecule has 4 rings (SSSR count). The molecule has 4 aromatic rings. The molecular weight excluding hydrogens is 696 g/mol. The van der Waals surface area contributed by atoms with E-state index in [1.165, 1.54) is 0 Å². The summed E-state index contributed by atoms with van der Waals surface area (Å²) in [5.74, 6) is 2.56. The highest BCUT2D eigenvalue weighted by Gasteiger charge is 2.23. The average molecular weight is 751 g/mol. The van der Waals surface area contributed by atoms with Crippen LogP contribution in [0.5, 0.6) is 17.2 Å². The van der Waals surface area contributed by atoms with Crippen molar-refractivity contribution in [3.63, 3.8) is 0 Å². The van der Waals surface area contributed by atoms with Gasteiger partial charge >= 0.3 is 0 Å². The number of nitrogens with zero attached hydrogens (tertiary/aromatic N) is 6. The fourth-order valence-corrected chi connectivity index (χ4v) is 5.59. The van der Waals surface area contributed by atoms with Crippen molar-refractivity contribution < 1.29 is 44.5 Å². The van der Waals surface area contributed by atoms with Crippen molar-refractivity contribution in [2.75, 3.05) is 100 Å². The minimum absolute atomic E-state index is 0.115. The molecule has 0 saturated carbocycles. The molecule has 0 unspecified atom stereocenters. The van der Waals surface area contributed by atoms with Crippen LogP contribution in [-0.4, -0.2) is 126 Å². The second-order valence-corrected chi connectivity index (χ2v) is 12.1. The third kappa shape index (κ3) is 13.0. The topological polar surface area (TPSA) is 186 Å². The number of benzene rings is 3. The Balaban J connectivity index is 1.79. The Labute approximate surface area is 317 Å². The molecule has 0 aliphatic rings. The van der Waals surface area contributed by atoms with Gasteiger partial charge in [-0.05, 0) is 24.6 Å². The van der Waals surface area contributed by atoms with Gasteiger partial charge < -0.3 is 59.2 Å². The smallest absolute Gasteiger partial charge is 0.232 e. The van der Waals surface area contributed by atoms with Gasteiger partial charge in [0.25, 0.3) is 0 Å². The number of ether oxygens (including phenoxy) is 4. The number of hydrogen-bond acceptors (Lipinski definition) is 15. The number of aliphatic hydroxyl groups is 5. The number of para-hydroxylation sites is 3. The van der Waals surface area contributed by atoms with Crippen molar-refractivity contribution in [1.29, 1.82) is 0 Å². The van der Waals surface area contributed by atoms with Crippen LogP contribution in [0, 0.1) is 0 Å². The third-order valence-corrected chi connectivity index (χ3v) is 8.09. The molecule has 0 aliphatic heterocycles. The molecule has 0 fully saturated rings. The summed E-state index contributed by atoms with van der Waals surface area (Å²) in [5, 5.41) is 49.6. The summed E-state index contributed by atoms with van der Waals surface area (Å²) in [7, 11) is 0. The molecule has 0 amide bonds. The lowest BCUT2D eigenvalue weighted by molar-refractivity contribution is 0.100. The maximum atomic E-state index is 10.3. The molecule has 1 aromatic heterocycles. The standard InChI is InChI=1S/C39H54N6O9/c1-2-23-51-26-27-54-36-14-8-5-11-33(36)30-45(17-20-48)39-41-37(43(15-18-46)28-31-9-3-6-12-34(31)52-24-21-49)40-38(42-39)44(16-19-47)29-32-10-4-7-13-35(32)53-25-22-50/h3-14,46-50H,2,15-30H2,1H3. The first-order valence-electron chi connectivity index (χ1n) is 18.3. The van der Waals surface area contributed by atoms with Crippen LogP contribution in [0.3, 0.4) is 0 Å². The SMILES string of the molecule is CCCOCCOc1ccccc1CN(CCO)c1nc(N(CCO)Cc2ccccc2OCCO)nc(N(CCO)Cc2ccccc2OCCO)n1. The molecule has 54 heavy (non-hydrogen) atoms. The van der Waals surface area contributed by atoms with Gasteiger partial charge in [0.05, 0.1) is 39.6 Å². The monoisotopic (exact) mass is 750 g/mol. The molecule has 0 bridgehead atoms. The van der Waals surface area contributed by atoms with Gasteiger partial charge in [0.1, 0.15) is 37.1 Å². The lowest BCUT2D eigenvalue weighted by Crippen LogP contribution is -2.34. The second kappa shape index (κ2) is 23.8. The van der Waals surface area contributed by atoms with Gasteiger partial charge in [0.15, 0.2) is 0 Å². The van der Waals surface area contributed by atoms with Crippen LogP contribution >= 0.6 is 0 Å². The zero-order valence-electron chi connectivity index (χ0n) is 31.0. The number of aromatic nitrogens is 3. The minimum Gasteiger partial charge on any atom is -0.491 e. The fourth-order valence-electron chi connectivity index (χ4n) is 5.59. The number of aliphatic hydroxyl groups excluding tert-OH is 5. The average Bonchev–Trinajstić information content (AvgIpc) is 3.20. The van der Waals surface area contributed by atoms with Crippen LogP contribution < -0.4 is 28.9 Å². The summed E-state index contributed by atoms with van der Waals surface area (Å²) in [6.07, 6.45) is 0.919. The molecule has 1 heterocycles. The van der Waals surface area contributed by atoms with E-state index >= 15 is 0 Å². The molecule has 294 valence electrons. The molecule has 5 N–H and O–H groups in total. The van der Waals surface area contributed by atoms with Gasteiger partial charge in [0, 0.05) is 62.6 Å². The van der Waals surface area contributed by atoms with E-state index in [-0.39, 0.29) is 103 Å². The van der Waals surface area contributed by atoms with Crippen LogP contribution in [0.4, 0.5) is 17.8 Å². The molecule has 15 nitrogen and oxygen atoms in total. The van der Waals surface area contributed by atoms with E-state index in [1.54, 1.807) is 9.80 Å². The van der Waals surface area contributed by atoms with Crippen LogP contribution in [0.25, 0.3) is 0 Å². The van der Waals surface area contributed by atoms with Crippen molar-refractivity contribution in [2.24, 2.45) is 0 Å². The maximum absolute atomic E-state index is 10.3. The van der Waals surface area contributed by atoms with Gasteiger partial charge in [-0.2, -0.15) is 15.0 Å². The van der Waals surface area contributed by atoms with Crippen molar-refractivity contribution in [3.05, 3.63) is 89.5 Å². The highest BCUT2D eigenvalue weighted by molar-refractivity contribution is 5.50. The van der Waals surface area contributed by atoms with Crippen LogP contribution in [0.2, 0.25) is 0 Å². The summed E-state index contributed by atoms with van der Waals surface area (Å²) >= 11 is 0. The first-order valence-corrected chi connectivity index (χ1v) is 18.3. The van der Waals surface area contributed by atoms with Crippen LogP contribution in [-0.2, 0) is 24.4 Å². The van der Waals surface area contributed by atoms with E-state index in [0.29, 0.717) is 37.1 Å². The predicted octanol–water partition coefficient (Wildman–Crippen LogP) is 2.42. The third-order valence-electron chi connectivity index (χ3n) is 8.09. The largest absolute Gasteiger partial charge is 0.491 e. The molecule has 0 radical (unpaired) electrons. The molecule has 0 aliphatic carbocycles. The zero-order chi connectivity index (χ0) is 38.4. The van der Waals surface area contributed by atoms with E-state index in [9.17, 15) is 25.5 Å². The van der Waals surface area contributed by atoms with Gasteiger partial charge in [-0.1, -0.05) is 61.5 Å². The second-order valence-electron chi connectivity index (χ2n) is 12.1. The van der Waals surface area contributed by atoms with Crippen molar-refractivity contribution in [1.82, 2.24) is 15.0 Å². The number of anilines is 3. The molecule has 0 spiro atoms. The summed E-state index contributed by atoms with van der Waals surface area (Å²) in [4.78, 5) is 20.2.